The van der Waals surface area contributed by atoms with E-state index in [1.165, 1.54) is 24.3 Å². The number of carbonyl (C=O) groups excluding carboxylic acids is 1. The van der Waals surface area contributed by atoms with Crippen molar-refractivity contribution in [1.82, 2.24) is 4.98 Å². The number of hydrogen-bond donors (Lipinski definition) is 2. The summed E-state index contributed by atoms with van der Waals surface area (Å²) in [6.07, 6.45) is 1.55. The number of halogens is 1. The maximum atomic E-state index is 12.6. The third-order valence-electron chi connectivity index (χ3n) is 4.39. The molecular weight excluding hydrogens is 422 g/mol. The van der Waals surface area contributed by atoms with Crippen LogP contribution < -0.4 is 10.1 Å². The van der Waals surface area contributed by atoms with Crippen LogP contribution >= 0.6 is 12.4 Å². The van der Waals surface area contributed by atoms with Crippen LogP contribution in [0.2, 0.25) is 0 Å². The zero-order valence-electron chi connectivity index (χ0n) is 15.9. The number of ether oxygens (including phenoxy) is 1. The first-order valence-electron chi connectivity index (χ1n) is 8.92. The molecule has 0 atom stereocenters. The highest BCUT2D eigenvalue weighted by Gasteiger charge is 2.15. The lowest BCUT2D eigenvalue weighted by atomic mass is 10.1. The van der Waals surface area contributed by atoms with Crippen molar-refractivity contribution in [1.29, 1.82) is 0 Å². The molecule has 0 aliphatic heterocycles. The number of rotatable bonds is 5. The lowest BCUT2D eigenvalue weighted by Gasteiger charge is -2.10. The summed E-state index contributed by atoms with van der Waals surface area (Å²) in [6, 6.07) is 19.1. The monoisotopic (exact) mass is 437 g/mol. The number of phenolic OH excluding ortho intramolecular Hbond substituents is 1. The molecular formula is C22H16ClN3O5. The molecule has 0 saturated carbocycles. The first-order valence-corrected chi connectivity index (χ1v) is 8.92. The molecule has 1 amide bonds. The number of phenols is 1. The Kier molecular flexibility index (Phi) is 6.32. The zero-order chi connectivity index (χ0) is 21.1. The molecule has 4 aromatic rings. The van der Waals surface area contributed by atoms with Crippen molar-refractivity contribution in [3.05, 3.63) is 94.7 Å². The number of anilines is 1. The highest BCUT2D eigenvalue weighted by molar-refractivity contribution is 6.09. The van der Waals surface area contributed by atoms with Gasteiger partial charge in [-0.25, -0.2) is 0 Å². The van der Waals surface area contributed by atoms with Crippen molar-refractivity contribution in [3.8, 4) is 17.2 Å². The molecule has 8 nitrogen and oxygen atoms in total. The minimum Gasteiger partial charge on any atom is -0.505 e. The fraction of sp³-hybridized carbons (Fsp3) is 0. The van der Waals surface area contributed by atoms with Gasteiger partial charge in [-0.3, -0.25) is 19.9 Å². The van der Waals surface area contributed by atoms with Gasteiger partial charge in [0.25, 0.3) is 11.6 Å². The Hall–Kier alpha value is -4.17. The van der Waals surface area contributed by atoms with Crippen LogP contribution in [0.5, 0.6) is 17.2 Å². The van der Waals surface area contributed by atoms with Gasteiger partial charge in [0.1, 0.15) is 17.0 Å². The lowest BCUT2D eigenvalue weighted by molar-refractivity contribution is -0.384. The number of non-ortho nitro benzene ring substituents is 1. The number of hydrogen-bond acceptors (Lipinski definition) is 6. The molecule has 4 rings (SSSR count). The van der Waals surface area contributed by atoms with Crippen LogP contribution in [-0.4, -0.2) is 20.9 Å². The quantitative estimate of drug-likeness (QED) is 0.323. The van der Waals surface area contributed by atoms with Gasteiger partial charge < -0.3 is 15.2 Å². The van der Waals surface area contributed by atoms with E-state index in [1.807, 2.05) is 0 Å². The number of carbonyl (C=O) groups is 1. The Morgan fingerprint density at radius 1 is 0.968 bits per heavy atom. The van der Waals surface area contributed by atoms with E-state index < -0.39 is 10.8 Å². The van der Waals surface area contributed by atoms with Gasteiger partial charge in [-0.05, 0) is 48.5 Å². The molecule has 1 aromatic heterocycles. The largest absolute Gasteiger partial charge is 0.505 e. The second-order valence-electron chi connectivity index (χ2n) is 6.37. The third kappa shape index (κ3) is 4.71. The molecule has 2 N–H and O–H groups in total. The van der Waals surface area contributed by atoms with Crippen molar-refractivity contribution in [3.63, 3.8) is 0 Å². The van der Waals surface area contributed by atoms with Crippen LogP contribution in [0.3, 0.4) is 0 Å². The number of benzene rings is 3. The molecule has 3 aromatic carbocycles. The van der Waals surface area contributed by atoms with Crippen LogP contribution in [-0.2, 0) is 0 Å². The van der Waals surface area contributed by atoms with Gasteiger partial charge in [0.05, 0.1) is 10.5 Å². The molecule has 1 heterocycles. The molecule has 0 aliphatic carbocycles. The van der Waals surface area contributed by atoms with Crippen LogP contribution in [0.1, 0.15) is 10.4 Å². The number of nitro benzene ring substituents is 1. The summed E-state index contributed by atoms with van der Waals surface area (Å²) in [4.78, 5) is 26.9. The molecule has 0 saturated heterocycles. The van der Waals surface area contributed by atoms with Gasteiger partial charge in [0.15, 0.2) is 5.75 Å². The fourth-order valence-electron chi connectivity index (χ4n) is 2.89. The SMILES string of the molecule is Cl.O=C(Nc1ccc(Oc2ccc([N+](=O)[O-])cc2)cc1)c1ccc2cccnc2c1O. The lowest BCUT2D eigenvalue weighted by Crippen LogP contribution is -2.12. The number of nitrogens with zero attached hydrogens (tertiary/aromatic N) is 2. The van der Waals surface area contributed by atoms with Crippen LogP contribution in [0.25, 0.3) is 10.9 Å². The summed E-state index contributed by atoms with van der Waals surface area (Å²) in [5, 5.41) is 24.5. The minimum atomic E-state index is -0.481. The van der Waals surface area contributed by atoms with Crippen molar-refractivity contribution < 1.29 is 19.6 Å². The van der Waals surface area contributed by atoms with Crippen molar-refractivity contribution in [2.45, 2.75) is 0 Å². The Bertz CT molecular complexity index is 1240. The molecule has 9 heteroatoms. The van der Waals surface area contributed by atoms with Gasteiger partial charge in [0, 0.05) is 29.4 Å². The maximum Gasteiger partial charge on any atom is 0.269 e. The minimum absolute atomic E-state index is 0. The summed E-state index contributed by atoms with van der Waals surface area (Å²) in [5.74, 6) is 0.304. The van der Waals surface area contributed by atoms with E-state index in [4.69, 9.17) is 4.74 Å². The average Bonchev–Trinajstić information content (AvgIpc) is 2.76. The summed E-state index contributed by atoms with van der Waals surface area (Å²) in [6.45, 7) is 0. The number of amides is 1. The van der Waals surface area contributed by atoms with Crippen molar-refractivity contribution >= 4 is 40.6 Å². The number of fused-ring (bicyclic) bond motifs is 1. The van der Waals surface area contributed by atoms with Gasteiger partial charge >= 0.3 is 0 Å². The Labute approximate surface area is 182 Å². The number of aromatic hydroxyl groups is 1. The summed E-state index contributed by atoms with van der Waals surface area (Å²) < 4.78 is 5.64. The molecule has 0 bridgehead atoms. The smallest absolute Gasteiger partial charge is 0.269 e. The topological polar surface area (TPSA) is 115 Å². The van der Waals surface area contributed by atoms with E-state index in [9.17, 15) is 20.0 Å². The predicted molar refractivity (Wildman–Crippen MR) is 118 cm³/mol. The van der Waals surface area contributed by atoms with E-state index in [1.54, 1.807) is 54.7 Å². The van der Waals surface area contributed by atoms with Crippen molar-refractivity contribution in [2.24, 2.45) is 0 Å². The summed E-state index contributed by atoms with van der Waals surface area (Å²) >= 11 is 0. The Morgan fingerprint density at radius 3 is 2.26 bits per heavy atom. The van der Waals surface area contributed by atoms with Gasteiger partial charge in [-0.15, -0.1) is 12.4 Å². The second-order valence-corrected chi connectivity index (χ2v) is 6.37. The first kappa shape index (κ1) is 21.5. The zero-order valence-corrected chi connectivity index (χ0v) is 16.7. The maximum absolute atomic E-state index is 12.6. The third-order valence-corrected chi connectivity index (χ3v) is 4.39. The van der Waals surface area contributed by atoms with E-state index in [-0.39, 0.29) is 29.4 Å². The fourth-order valence-corrected chi connectivity index (χ4v) is 2.89. The molecule has 0 aliphatic rings. The molecule has 0 unspecified atom stereocenters. The number of aromatic nitrogens is 1. The van der Waals surface area contributed by atoms with E-state index in [2.05, 4.69) is 10.3 Å². The van der Waals surface area contributed by atoms with Gasteiger partial charge in [0.2, 0.25) is 0 Å². The number of nitrogens with one attached hydrogen (secondary N) is 1. The van der Waals surface area contributed by atoms with E-state index >= 15 is 0 Å². The molecule has 0 fully saturated rings. The second kappa shape index (κ2) is 9.10. The van der Waals surface area contributed by atoms with Crippen molar-refractivity contribution in [2.75, 3.05) is 5.32 Å². The number of pyridine rings is 1. The molecule has 0 spiro atoms. The van der Waals surface area contributed by atoms with Crippen LogP contribution in [0, 0.1) is 10.1 Å². The summed E-state index contributed by atoms with van der Waals surface area (Å²) in [7, 11) is 0. The summed E-state index contributed by atoms with van der Waals surface area (Å²) in [5.41, 5.74) is 0.966. The Balaban J connectivity index is 0.00000272. The number of nitro groups is 1. The normalized spacial score (nSPS) is 10.2. The van der Waals surface area contributed by atoms with Crippen LogP contribution in [0.15, 0.2) is 79.0 Å². The predicted octanol–water partition coefficient (Wildman–Crippen LogP) is 5.32. The molecule has 156 valence electrons. The standard InChI is InChI=1S/C22H15N3O5.ClH/c26-21-19(12-3-14-2-1-13-23-20(14)21)22(27)24-15-4-8-17(9-5-15)30-18-10-6-16(7-11-18)25(28)29;/h1-13,26H,(H,24,27);1H. The van der Waals surface area contributed by atoms with E-state index in [0.717, 1.165) is 5.39 Å². The highest BCUT2D eigenvalue weighted by Crippen LogP contribution is 2.28. The highest BCUT2D eigenvalue weighted by atomic mass is 35.5. The van der Waals surface area contributed by atoms with Crippen LogP contribution in [0.4, 0.5) is 11.4 Å². The first-order chi connectivity index (χ1) is 14.5. The van der Waals surface area contributed by atoms with Gasteiger partial charge in [-0.1, -0.05) is 12.1 Å². The van der Waals surface area contributed by atoms with E-state index in [0.29, 0.717) is 22.7 Å². The molecule has 31 heavy (non-hydrogen) atoms. The molecule has 0 radical (unpaired) electrons. The Morgan fingerprint density at radius 2 is 1.61 bits per heavy atom. The van der Waals surface area contributed by atoms with Gasteiger partial charge in [-0.2, -0.15) is 0 Å². The average molecular weight is 438 g/mol.